The molecule has 0 unspecified atom stereocenters. The summed E-state index contributed by atoms with van der Waals surface area (Å²) in [6.07, 6.45) is 0. The van der Waals surface area contributed by atoms with E-state index in [9.17, 15) is 0 Å². The Morgan fingerprint density at radius 2 is 0.641 bits per heavy atom. The predicted octanol–water partition coefficient (Wildman–Crippen LogP) is 9.38. The zero-order valence-electron chi connectivity index (χ0n) is 21.2. The molecule has 6 aromatic carbocycles. The van der Waals surface area contributed by atoms with Crippen LogP contribution in [0.1, 0.15) is 44.5 Å². The van der Waals surface area contributed by atoms with Gasteiger partial charge in [0.1, 0.15) is 0 Å². The summed E-state index contributed by atoms with van der Waals surface area (Å²) in [7, 11) is 0. The van der Waals surface area contributed by atoms with Crippen LogP contribution in [0.4, 0.5) is 0 Å². The quantitative estimate of drug-likeness (QED) is 0.189. The van der Waals surface area contributed by atoms with Gasteiger partial charge in [-0.1, -0.05) is 145 Å². The van der Waals surface area contributed by atoms with Crippen molar-refractivity contribution in [3.05, 3.63) is 189 Å². The van der Waals surface area contributed by atoms with E-state index in [4.69, 9.17) is 11.6 Å². The summed E-state index contributed by atoms with van der Waals surface area (Å²) in [5, 5.41) is 0.816. The van der Waals surface area contributed by atoms with Gasteiger partial charge < -0.3 is 0 Å². The van der Waals surface area contributed by atoms with Crippen molar-refractivity contribution in [2.24, 2.45) is 0 Å². The Balaban J connectivity index is 1.55. The van der Waals surface area contributed by atoms with Crippen LogP contribution in [0.2, 0.25) is 5.02 Å². The first-order chi connectivity index (χ1) is 19.3. The standard InChI is InChI=1S/C38H23Cl/c39-35-23-11-15-27-26-14-3-6-18-30(26)38(36(27)35)33-21-9-7-19-31(33)37(32-20-8-10-22-34(32)38)28-16-4-1-12-24(28)25-13-2-5-17-29(25)37/h1-23H. The Hall–Kier alpha value is -4.39. The summed E-state index contributed by atoms with van der Waals surface area (Å²) in [6.45, 7) is 0. The lowest BCUT2D eigenvalue weighted by atomic mass is 9.52. The Labute approximate surface area is 233 Å². The third-order valence-electron chi connectivity index (χ3n) is 9.43. The van der Waals surface area contributed by atoms with E-state index in [1.807, 2.05) is 0 Å². The summed E-state index contributed by atoms with van der Waals surface area (Å²) < 4.78 is 0. The van der Waals surface area contributed by atoms with Crippen molar-refractivity contribution in [2.45, 2.75) is 10.8 Å². The van der Waals surface area contributed by atoms with E-state index >= 15 is 0 Å². The monoisotopic (exact) mass is 514 g/mol. The van der Waals surface area contributed by atoms with E-state index in [1.165, 1.54) is 66.8 Å². The smallest absolute Gasteiger partial charge is 0.0734 e. The molecule has 6 aromatic rings. The van der Waals surface area contributed by atoms with Gasteiger partial charge in [-0.3, -0.25) is 0 Å². The van der Waals surface area contributed by atoms with Crippen LogP contribution in [0.15, 0.2) is 140 Å². The molecule has 0 aromatic heterocycles. The molecule has 0 radical (unpaired) electrons. The largest absolute Gasteiger partial charge is 0.0840 e. The number of benzene rings is 6. The Bertz CT molecular complexity index is 1900. The van der Waals surface area contributed by atoms with Crippen molar-refractivity contribution >= 4 is 11.6 Å². The molecule has 1 heteroatoms. The molecular formula is C38H23Cl. The third-order valence-corrected chi connectivity index (χ3v) is 9.75. The fourth-order valence-corrected chi connectivity index (χ4v) is 8.56. The van der Waals surface area contributed by atoms with E-state index in [1.54, 1.807) is 0 Å². The topological polar surface area (TPSA) is 0 Å². The van der Waals surface area contributed by atoms with Gasteiger partial charge in [0.15, 0.2) is 0 Å². The molecule has 9 rings (SSSR count). The van der Waals surface area contributed by atoms with Gasteiger partial charge in [0.25, 0.3) is 0 Å². The molecule has 0 heterocycles. The van der Waals surface area contributed by atoms with Crippen molar-refractivity contribution in [1.82, 2.24) is 0 Å². The first-order valence-electron chi connectivity index (χ1n) is 13.6. The van der Waals surface area contributed by atoms with Crippen molar-refractivity contribution in [3.8, 4) is 22.3 Å². The molecule has 39 heavy (non-hydrogen) atoms. The number of hydrogen-bond acceptors (Lipinski definition) is 0. The maximum atomic E-state index is 7.23. The lowest BCUT2D eigenvalue weighted by molar-refractivity contribution is 0.633. The van der Waals surface area contributed by atoms with Crippen LogP contribution < -0.4 is 0 Å². The van der Waals surface area contributed by atoms with Gasteiger partial charge in [-0.15, -0.1) is 0 Å². The second kappa shape index (κ2) is 7.38. The molecule has 0 saturated carbocycles. The molecular weight excluding hydrogens is 492 g/mol. The molecule has 0 aliphatic heterocycles. The molecule has 0 nitrogen and oxygen atoms in total. The van der Waals surface area contributed by atoms with Gasteiger partial charge in [0.2, 0.25) is 0 Å². The number of rotatable bonds is 0. The van der Waals surface area contributed by atoms with E-state index in [0.29, 0.717) is 0 Å². The highest BCUT2D eigenvalue weighted by molar-refractivity contribution is 6.32. The van der Waals surface area contributed by atoms with Gasteiger partial charge >= 0.3 is 0 Å². The van der Waals surface area contributed by atoms with Gasteiger partial charge in [0, 0.05) is 5.02 Å². The predicted molar refractivity (Wildman–Crippen MR) is 160 cm³/mol. The highest BCUT2D eigenvalue weighted by atomic mass is 35.5. The molecule has 3 aliphatic carbocycles. The molecule has 0 saturated heterocycles. The third kappa shape index (κ3) is 2.31. The van der Waals surface area contributed by atoms with Gasteiger partial charge in [-0.25, -0.2) is 0 Å². The van der Waals surface area contributed by atoms with E-state index in [-0.39, 0.29) is 0 Å². The minimum Gasteiger partial charge on any atom is -0.0840 e. The Morgan fingerprint density at radius 1 is 0.308 bits per heavy atom. The van der Waals surface area contributed by atoms with Crippen LogP contribution in [0.25, 0.3) is 22.3 Å². The molecule has 3 aliphatic rings. The summed E-state index contributed by atoms with van der Waals surface area (Å²) in [4.78, 5) is 0. The second-order valence-electron chi connectivity index (χ2n) is 10.9. The maximum absolute atomic E-state index is 7.23. The zero-order valence-corrected chi connectivity index (χ0v) is 21.9. The van der Waals surface area contributed by atoms with Crippen LogP contribution in [-0.2, 0) is 10.8 Å². The number of hydrogen-bond donors (Lipinski definition) is 0. The fourth-order valence-electron chi connectivity index (χ4n) is 8.25. The van der Waals surface area contributed by atoms with Crippen LogP contribution in [0.5, 0.6) is 0 Å². The molecule has 0 atom stereocenters. The average Bonchev–Trinajstić information content (AvgIpc) is 3.46. The summed E-state index contributed by atoms with van der Waals surface area (Å²) in [5.41, 5.74) is 14.7. The van der Waals surface area contributed by atoms with Crippen molar-refractivity contribution in [2.75, 3.05) is 0 Å². The number of halogens is 1. The van der Waals surface area contributed by atoms with Crippen LogP contribution in [0.3, 0.4) is 0 Å². The van der Waals surface area contributed by atoms with Crippen LogP contribution in [-0.4, -0.2) is 0 Å². The SMILES string of the molecule is Clc1cccc2c1C1(c3ccccc3-2)c2ccccc2C2(c3ccccc3-c3ccccc32)c2ccccc21. The van der Waals surface area contributed by atoms with Crippen molar-refractivity contribution in [3.63, 3.8) is 0 Å². The van der Waals surface area contributed by atoms with Gasteiger partial charge in [-0.05, 0) is 72.8 Å². The van der Waals surface area contributed by atoms with E-state index in [0.717, 1.165) is 5.02 Å². The van der Waals surface area contributed by atoms with Crippen molar-refractivity contribution in [1.29, 1.82) is 0 Å². The summed E-state index contributed by atoms with van der Waals surface area (Å²) in [5.74, 6) is 0. The Morgan fingerprint density at radius 3 is 1.13 bits per heavy atom. The first kappa shape index (κ1) is 21.5. The summed E-state index contributed by atoms with van der Waals surface area (Å²) >= 11 is 7.23. The molecule has 2 spiro atoms. The first-order valence-corrected chi connectivity index (χ1v) is 13.9. The highest BCUT2D eigenvalue weighted by Gasteiger charge is 2.59. The van der Waals surface area contributed by atoms with Crippen LogP contribution >= 0.6 is 11.6 Å². The molecule has 182 valence electrons. The van der Waals surface area contributed by atoms with E-state index < -0.39 is 10.8 Å². The van der Waals surface area contributed by atoms with E-state index in [2.05, 4.69) is 140 Å². The lowest BCUT2D eigenvalue weighted by Gasteiger charge is -2.49. The van der Waals surface area contributed by atoms with Gasteiger partial charge in [0.05, 0.1) is 10.8 Å². The lowest BCUT2D eigenvalue weighted by Crippen LogP contribution is -2.43. The fraction of sp³-hybridized carbons (Fsp3) is 0.0526. The maximum Gasteiger partial charge on any atom is 0.0734 e. The number of fused-ring (bicyclic) bond motifs is 16. The normalized spacial score (nSPS) is 15.7. The zero-order chi connectivity index (χ0) is 25.8. The second-order valence-corrected chi connectivity index (χ2v) is 11.3. The minimum absolute atomic E-state index is 0.412. The molecule has 0 amide bonds. The van der Waals surface area contributed by atoms with Gasteiger partial charge in [-0.2, -0.15) is 0 Å². The summed E-state index contributed by atoms with van der Waals surface area (Å²) in [6, 6.07) is 51.5. The molecule has 0 N–H and O–H groups in total. The molecule has 0 bridgehead atoms. The van der Waals surface area contributed by atoms with Crippen LogP contribution in [0, 0.1) is 0 Å². The minimum atomic E-state index is -0.505. The Kier molecular flexibility index (Phi) is 4.07. The van der Waals surface area contributed by atoms with Crippen molar-refractivity contribution < 1.29 is 0 Å². The highest BCUT2D eigenvalue weighted by Crippen LogP contribution is 2.67. The average molecular weight is 515 g/mol. The molecule has 0 fully saturated rings.